The van der Waals surface area contributed by atoms with Crippen LogP contribution >= 0.6 is 0 Å². The normalized spacial score (nSPS) is 11.4. The van der Waals surface area contributed by atoms with E-state index in [0.717, 1.165) is 16.8 Å². The molecule has 2 rings (SSSR count). The number of rotatable bonds is 8. The maximum Gasteiger partial charge on any atom is 0.261 e. The van der Waals surface area contributed by atoms with Gasteiger partial charge in [0.25, 0.3) is 5.91 Å². The van der Waals surface area contributed by atoms with Crippen LogP contribution in [0.1, 0.15) is 41.8 Å². The van der Waals surface area contributed by atoms with Crippen molar-refractivity contribution in [3.8, 4) is 5.75 Å². The lowest BCUT2D eigenvalue weighted by atomic mass is 10.1. The monoisotopic (exact) mass is 382 g/mol. The smallest absolute Gasteiger partial charge is 0.261 e. The van der Waals surface area contributed by atoms with Crippen molar-refractivity contribution in [1.82, 2.24) is 5.32 Å². The molecule has 0 fully saturated rings. The third-order valence-corrected chi connectivity index (χ3v) is 4.35. The predicted octanol–water partition coefficient (Wildman–Crippen LogP) is 3.42. The van der Waals surface area contributed by atoms with E-state index in [1.807, 2.05) is 32.0 Å². The number of carbonyl (C=O) groups excluding carboxylic acids is 3. The Balaban J connectivity index is 1.85. The fourth-order valence-electron chi connectivity index (χ4n) is 2.69. The minimum Gasteiger partial charge on any atom is -0.481 e. The van der Waals surface area contributed by atoms with Crippen molar-refractivity contribution in [2.75, 3.05) is 11.9 Å². The molecule has 6 heteroatoms. The summed E-state index contributed by atoms with van der Waals surface area (Å²) in [6.07, 6.45) is -0.343. The van der Waals surface area contributed by atoms with Crippen LogP contribution in [0.4, 0.5) is 5.69 Å². The standard InChI is InChI=1S/C22H26N2O4/c1-5-19(25)17-9-11-18(12-10-17)28-16(4)22(27)23-13-20(26)24-21-14(2)7-6-8-15(21)3/h6-12,16H,5,13H2,1-4H3,(H,23,27)(H,24,26)/t16-/m1/s1. The molecule has 0 aliphatic rings. The number of hydrogen-bond donors (Lipinski definition) is 2. The van der Waals surface area contributed by atoms with Gasteiger partial charge in [0.05, 0.1) is 6.54 Å². The molecule has 0 heterocycles. The summed E-state index contributed by atoms with van der Waals surface area (Å²) in [4.78, 5) is 36.0. The molecule has 0 unspecified atom stereocenters. The lowest BCUT2D eigenvalue weighted by Gasteiger charge is -2.15. The highest BCUT2D eigenvalue weighted by Crippen LogP contribution is 2.19. The number of amides is 2. The summed E-state index contributed by atoms with van der Waals surface area (Å²) < 4.78 is 5.58. The fraction of sp³-hybridized carbons (Fsp3) is 0.318. The van der Waals surface area contributed by atoms with Crippen molar-refractivity contribution in [1.29, 1.82) is 0 Å². The number of Topliss-reactive ketones (excluding diaryl/α,β-unsaturated/α-hetero) is 1. The number of nitrogens with one attached hydrogen (secondary N) is 2. The molecule has 2 aromatic rings. The molecule has 0 aliphatic heterocycles. The van der Waals surface area contributed by atoms with Crippen molar-refractivity contribution in [3.63, 3.8) is 0 Å². The van der Waals surface area contributed by atoms with E-state index in [2.05, 4.69) is 10.6 Å². The first-order valence-corrected chi connectivity index (χ1v) is 9.25. The van der Waals surface area contributed by atoms with Crippen molar-refractivity contribution >= 4 is 23.3 Å². The molecule has 2 aromatic carbocycles. The van der Waals surface area contributed by atoms with Crippen LogP contribution in [-0.4, -0.2) is 30.2 Å². The third-order valence-electron chi connectivity index (χ3n) is 4.35. The number of hydrogen-bond acceptors (Lipinski definition) is 4. The molecule has 0 spiro atoms. The largest absolute Gasteiger partial charge is 0.481 e. The Morgan fingerprint density at radius 1 is 1.00 bits per heavy atom. The summed E-state index contributed by atoms with van der Waals surface area (Å²) in [7, 11) is 0. The van der Waals surface area contributed by atoms with Gasteiger partial charge in [-0.05, 0) is 56.2 Å². The molecule has 0 radical (unpaired) electrons. The first kappa shape index (κ1) is 21.2. The Hall–Kier alpha value is -3.15. The van der Waals surface area contributed by atoms with Gasteiger partial charge in [-0.2, -0.15) is 0 Å². The van der Waals surface area contributed by atoms with Crippen LogP contribution in [0, 0.1) is 13.8 Å². The molecule has 28 heavy (non-hydrogen) atoms. The lowest BCUT2D eigenvalue weighted by molar-refractivity contribution is -0.129. The number of ketones is 1. The van der Waals surface area contributed by atoms with Gasteiger partial charge in [-0.3, -0.25) is 14.4 Å². The molecule has 0 saturated heterocycles. The van der Waals surface area contributed by atoms with Crippen LogP contribution < -0.4 is 15.4 Å². The number of anilines is 1. The van der Waals surface area contributed by atoms with Gasteiger partial charge in [0.1, 0.15) is 5.75 Å². The van der Waals surface area contributed by atoms with Gasteiger partial charge in [0.2, 0.25) is 5.91 Å². The Bertz CT molecular complexity index is 839. The lowest BCUT2D eigenvalue weighted by Crippen LogP contribution is -2.40. The molecule has 2 N–H and O–H groups in total. The minimum absolute atomic E-state index is 0.0484. The van der Waals surface area contributed by atoms with Crippen LogP contribution in [-0.2, 0) is 9.59 Å². The van der Waals surface area contributed by atoms with Gasteiger partial charge in [-0.15, -0.1) is 0 Å². The number of para-hydroxylation sites is 1. The zero-order valence-corrected chi connectivity index (χ0v) is 16.7. The maximum atomic E-state index is 12.2. The Morgan fingerprint density at radius 3 is 2.18 bits per heavy atom. The van der Waals surface area contributed by atoms with E-state index in [9.17, 15) is 14.4 Å². The van der Waals surface area contributed by atoms with Crippen molar-refractivity contribution in [2.24, 2.45) is 0 Å². The predicted molar refractivity (Wildman–Crippen MR) is 109 cm³/mol. The Labute approximate surface area is 165 Å². The second kappa shape index (κ2) is 9.69. The topological polar surface area (TPSA) is 84.5 Å². The molecule has 148 valence electrons. The maximum absolute atomic E-state index is 12.2. The average molecular weight is 382 g/mol. The molecule has 0 aromatic heterocycles. The van der Waals surface area contributed by atoms with Crippen molar-refractivity contribution in [3.05, 3.63) is 59.2 Å². The zero-order valence-electron chi connectivity index (χ0n) is 16.7. The second-order valence-corrected chi connectivity index (χ2v) is 6.59. The number of benzene rings is 2. The Morgan fingerprint density at radius 2 is 1.61 bits per heavy atom. The molecular weight excluding hydrogens is 356 g/mol. The first-order valence-electron chi connectivity index (χ1n) is 9.25. The Kier molecular flexibility index (Phi) is 7.32. The van der Waals surface area contributed by atoms with E-state index in [1.54, 1.807) is 38.1 Å². The van der Waals surface area contributed by atoms with E-state index >= 15 is 0 Å². The molecule has 0 bridgehead atoms. The number of ether oxygens (including phenoxy) is 1. The van der Waals surface area contributed by atoms with Gasteiger partial charge in [0, 0.05) is 17.7 Å². The van der Waals surface area contributed by atoms with Crippen LogP contribution in [0.3, 0.4) is 0 Å². The summed E-state index contributed by atoms with van der Waals surface area (Å²) in [5.41, 5.74) is 3.28. The molecule has 0 saturated carbocycles. The minimum atomic E-state index is -0.777. The van der Waals surface area contributed by atoms with Crippen molar-refractivity contribution in [2.45, 2.75) is 40.2 Å². The highest BCUT2D eigenvalue weighted by molar-refractivity contribution is 5.96. The number of aryl methyl sites for hydroxylation is 2. The van der Waals surface area contributed by atoms with Gasteiger partial charge < -0.3 is 15.4 Å². The van der Waals surface area contributed by atoms with E-state index in [1.165, 1.54) is 0 Å². The first-order chi connectivity index (χ1) is 13.3. The van der Waals surface area contributed by atoms with E-state index in [4.69, 9.17) is 4.74 Å². The summed E-state index contributed by atoms with van der Waals surface area (Å²) in [5.74, 6) is -0.173. The SMILES string of the molecule is CCC(=O)c1ccc(O[C@H](C)C(=O)NCC(=O)Nc2c(C)cccc2C)cc1. The van der Waals surface area contributed by atoms with Gasteiger partial charge in [-0.1, -0.05) is 25.1 Å². The summed E-state index contributed by atoms with van der Waals surface area (Å²) in [6, 6.07) is 12.4. The van der Waals surface area contributed by atoms with Crippen LogP contribution in [0.2, 0.25) is 0 Å². The van der Waals surface area contributed by atoms with Crippen LogP contribution in [0.5, 0.6) is 5.75 Å². The molecular formula is C22H26N2O4. The highest BCUT2D eigenvalue weighted by Gasteiger charge is 2.16. The summed E-state index contributed by atoms with van der Waals surface area (Å²) in [5, 5.41) is 5.39. The fourth-order valence-corrected chi connectivity index (χ4v) is 2.69. The highest BCUT2D eigenvalue weighted by atomic mass is 16.5. The van der Waals surface area contributed by atoms with Crippen molar-refractivity contribution < 1.29 is 19.1 Å². The van der Waals surface area contributed by atoms with E-state index in [0.29, 0.717) is 17.7 Å². The summed E-state index contributed by atoms with van der Waals surface area (Å²) >= 11 is 0. The quantitative estimate of drug-likeness (QED) is 0.685. The average Bonchev–Trinajstić information content (AvgIpc) is 2.69. The second-order valence-electron chi connectivity index (χ2n) is 6.59. The van der Waals surface area contributed by atoms with E-state index in [-0.39, 0.29) is 18.2 Å². The number of carbonyl (C=O) groups is 3. The molecule has 1 atom stereocenters. The molecule has 0 aliphatic carbocycles. The van der Waals surface area contributed by atoms with Gasteiger partial charge in [-0.25, -0.2) is 0 Å². The zero-order chi connectivity index (χ0) is 20.7. The van der Waals surface area contributed by atoms with E-state index < -0.39 is 12.0 Å². The molecule has 2 amide bonds. The van der Waals surface area contributed by atoms with Crippen LogP contribution in [0.25, 0.3) is 0 Å². The third kappa shape index (κ3) is 5.67. The molecule has 6 nitrogen and oxygen atoms in total. The summed E-state index contributed by atoms with van der Waals surface area (Å²) in [6.45, 7) is 7.08. The van der Waals surface area contributed by atoms with Gasteiger partial charge in [0.15, 0.2) is 11.9 Å². The van der Waals surface area contributed by atoms with Crippen LogP contribution in [0.15, 0.2) is 42.5 Å². The van der Waals surface area contributed by atoms with Gasteiger partial charge >= 0.3 is 0 Å².